The zero-order valence-corrected chi connectivity index (χ0v) is 10.4. The Morgan fingerprint density at radius 2 is 2.44 bits per heavy atom. The van der Waals surface area contributed by atoms with E-state index < -0.39 is 6.10 Å². The van der Waals surface area contributed by atoms with Gasteiger partial charge in [0.25, 0.3) is 5.91 Å². The third-order valence-electron chi connectivity index (χ3n) is 2.91. The maximum Gasteiger partial charge on any atom is 0.253 e. The minimum Gasteiger partial charge on any atom is -0.508 e. The fraction of sp³-hybridized carbons (Fsp3) is 0.462. The SMILES string of the molecule is CN(Cc1cccc(O)c1)C(=O)C1CNCCO1. The van der Waals surface area contributed by atoms with Crippen LogP contribution in [0.1, 0.15) is 5.56 Å². The van der Waals surface area contributed by atoms with E-state index in [1.165, 1.54) is 0 Å². The van der Waals surface area contributed by atoms with Crippen LogP contribution < -0.4 is 5.32 Å². The van der Waals surface area contributed by atoms with E-state index in [2.05, 4.69) is 5.32 Å². The number of rotatable bonds is 3. The zero-order chi connectivity index (χ0) is 13.0. The monoisotopic (exact) mass is 250 g/mol. The standard InChI is InChI=1S/C13H18N2O3/c1-15(9-10-3-2-4-11(16)7-10)13(17)12-8-14-5-6-18-12/h2-4,7,12,14,16H,5-6,8-9H2,1H3. The first-order valence-corrected chi connectivity index (χ1v) is 6.02. The van der Waals surface area contributed by atoms with Crippen molar-refractivity contribution in [3.8, 4) is 5.75 Å². The number of likely N-dealkylation sites (N-methyl/N-ethyl adjacent to an activating group) is 1. The highest BCUT2D eigenvalue weighted by Gasteiger charge is 2.24. The average molecular weight is 250 g/mol. The van der Waals surface area contributed by atoms with Crippen LogP contribution in [-0.4, -0.2) is 48.8 Å². The van der Waals surface area contributed by atoms with Crippen LogP contribution in [0.3, 0.4) is 0 Å². The predicted octanol–water partition coefficient (Wildman–Crippen LogP) is 0.339. The molecule has 1 fully saturated rings. The van der Waals surface area contributed by atoms with Gasteiger partial charge in [-0.15, -0.1) is 0 Å². The molecule has 98 valence electrons. The molecule has 5 nitrogen and oxygen atoms in total. The Balaban J connectivity index is 1.94. The van der Waals surface area contributed by atoms with Crippen molar-refractivity contribution in [3.63, 3.8) is 0 Å². The lowest BCUT2D eigenvalue weighted by Crippen LogP contribution is -2.48. The highest BCUT2D eigenvalue weighted by Crippen LogP contribution is 2.13. The van der Waals surface area contributed by atoms with Crippen LogP contribution in [-0.2, 0) is 16.1 Å². The van der Waals surface area contributed by atoms with Gasteiger partial charge in [0, 0.05) is 26.7 Å². The molecule has 5 heteroatoms. The number of ether oxygens (including phenoxy) is 1. The first-order valence-electron chi connectivity index (χ1n) is 6.02. The number of carbonyl (C=O) groups excluding carboxylic acids is 1. The molecule has 1 unspecified atom stereocenters. The van der Waals surface area contributed by atoms with Gasteiger partial charge in [-0.05, 0) is 17.7 Å². The molecule has 0 spiro atoms. The van der Waals surface area contributed by atoms with Gasteiger partial charge >= 0.3 is 0 Å². The van der Waals surface area contributed by atoms with Crippen LogP contribution in [0.15, 0.2) is 24.3 Å². The third-order valence-corrected chi connectivity index (χ3v) is 2.91. The molecule has 1 aromatic carbocycles. The number of hydrogen-bond acceptors (Lipinski definition) is 4. The highest BCUT2D eigenvalue weighted by molar-refractivity contribution is 5.81. The van der Waals surface area contributed by atoms with Crippen molar-refractivity contribution in [2.45, 2.75) is 12.6 Å². The van der Waals surface area contributed by atoms with Gasteiger partial charge in [-0.25, -0.2) is 0 Å². The minimum atomic E-state index is -0.402. The van der Waals surface area contributed by atoms with Gasteiger partial charge in [-0.3, -0.25) is 4.79 Å². The molecule has 0 saturated carbocycles. The Bertz CT molecular complexity index is 416. The third kappa shape index (κ3) is 3.21. The molecule has 2 rings (SSSR count). The molecule has 1 heterocycles. The molecule has 1 atom stereocenters. The van der Waals surface area contributed by atoms with Crippen LogP contribution >= 0.6 is 0 Å². The summed E-state index contributed by atoms with van der Waals surface area (Å²) in [5.74, 6) is 0.175. The number of morpholine rings is 1. The van der Waals surface area contributed by atoms with Gasteiger partial charge in [0.1, 0.15) is 11.9 Å². The van der Waals surface area contributed by atoms with E-state index >= 15 is 0 Å². The summed E-state index contributed by atoms with van der Waals surface area (Å²) in [7, 11) is 1.74. The van der Waals surface area contributed by atoms with Crippen LogP contribution in [0.2, 0.25) is 0 Å². The van der Waals surface area contributed by atoms with Crippen LogP contribution in [0, 0.1) is 0 Å². The first-order chi connectivity index (χ1) is 8.66. The number of hydrogen-bond donors (Lipinski definition) is 2. The maximum atomic E-state index is 12.1. The number of carbonyl (C=O) groups is 1. The van der Waals surface area contributed by atoms with E-state index in [1.807, 2.05) is 6.07 Å². The van der Waals surface area contributed by atoms with Crippen LogP contribution in [0.4, 0.5) is 0 Å². The van der Waals surface area contributed by atoms with E-state index in [9.17, 15) is 9.90 Å². The molecule has 1 saturated heterocycles. The van der Waals surface area contributed by atoms with E-state index in [-0.39, 0.29) is 11.7 Å². The zero-order valence-electron chi connectivity index (χ0n) is 10.4. The van der Waals surface area contributed by atoms with E-state index in [0.29, 0.717) is 19.7 Å². The lowest BCUT2D eigenvalue weighted by atomic mass is 10.2. The molecule has 1 aromatic rings. The fourth-order valence-corrected chi connectivity index (χ4v) is 1.98. The fourth-order valence-electron chi connectivity index (χ4n) is 1.98. The highest BCUT2D eigenvalue weighted by atomic mass is 16.5. The summed E-state index contributed by atoms with van der Waals surface area (Å²) in [6, 6.07) is 6.91. The molecule has 0 bridgehead atoms. The van der Waals surface area contributed by atoms with Gasteiger partial charge < -0.3 is 20.1 Å². The van der Waals surface area contributed by atoms with Crippen molar-refractivity contribution in [2.75, 3.05) is 26.7 Å². The number of nitrogens with zero attached hydrogens (tertiary/aromatic N) is 1. The second-order valence-corrected chi connectivity index (χ2v) is 4.43. The minimum absolute atomic E-state index is 0.0365. The normalized spacial score (nSPS) is 19.5. The number of aromatic hydroxyl groups is 1. The Morgan fingerprint density at radius 3 is 3.11 bits per heavy atom. The van der Waals surface area contributed by atoms with E-state index in [0.717, 1.165) is 12.1 Å². The summed E-state index contributed by atoms with van der Waals surface area (Å²) in [6.45, 7) is 2.38. The Kier molecular flexibility index (Phi) is 4.17. The summed E-state index contributed by atoms with van der Waals surface area (Å²) in [6.07, 6.45) is -0.402. The average Bonchev–Trinajstić information content (AvgIpc) is 2.39. The predicted molar refractivity (Wildman–Crippen MR) is 67.2 cm³/mol. The van der Waals surface area contributed by atoms with Crippen molar-refractivity contribution < 1.29 is 14.6 Å². The first kappa shape index (κ1) is 12.9. The lowest BCUT2D eigenvalue weighted by molar-refractivity contribution is -0.144. The van der Waals surface area contributed by atoms with Gasteiger partial charge in [-0.1, -0.05) is 12.1 Å². The molecule has 0 radical (unpaired) electrons. The van der Waals surface area contributed by atoms with Crippen molar-refractivity contribution in [2.24, 2.45) is 0 Å². The topological polar surface area (TPSA) is 61.8 Å². The molecular weight excluding hydrogens is 232 g/mol. The Morgan fingerprint density at radius 1 is 1.61 bits per heavy atom. The second kappa shape index (κ2) is 5.84. The number of benzene rings is 1. The maximum absolute atomic E-state index is 12.1. The van der Waals surface area contributed by atoms with Crippen molar-refractivity contribution in [3.05, 3.63) is 29.8 Å². The Hall–Kier alpha value is -1.59. The summed E-state index contributed by atoms with van der Waals surface area (Å²) >= 11 is 0. The molecule has 0 aromatic heterocycles. The van der Waals surface area contributed by atoms with Crippen LogP contribution in [0.25, 0.3) is 0 Å². The molecule has 2 N–H and O–H groups in total. The van der Waals surface area contributed by atoms with Gasteiger partial charge in [0.2, 0.25) is 0 Å². The molecule has 1 aliphatic heterocycles. The number of phenols is 1. The molecule has 1 amide bonds. The molecule has 1 aliphatic rings. The van der Waals surface area contributed by atoms with Gasteiger partial charge in [-0.2, -0.15) is 0 Å². The van der Waals surface area contributed by atoms with Crippen LogP contribution in [0.5, 0.6) is 5.75 Å². The van der Waals surface area contributed by atoms with Crippen molar-refractivity contribution >= 4 is 5.91 Å². The van der Waals surface area contributed by atoms with Gasteiger partial charge in [0.15, 0.2) is 0 Å². The summed E-state index contributed by atoms with van der Waals surface area (Å²) in [5.41, 5.74) is 0.898. The summed E-state index contributed by atoms with van der Waals surface area (Å²) in [4.78, 5) is 13.7. The smallest absolute Gasteiger partial charge is 0.253 e. The quantitative estimate of drug-likeness (QED) is 0.812. The number of nitrogens with one attached hydrogen (secondary N) is 1. The molecule has 18 heavy (non-hydrogen) atoms. The summed E-state index contributed by atoms with van der Waals surface area (Å²) in [5, 5.41) is 12.5. The van der Waals surface area contributed by atoms with Crippen molar-refractivity contribution in [1.82, 2.24) is 10.2 Å². The van der Waals surface area contributed by atoms with Crippen molar-refractivity contribution in [1.29, 1.82) is 0 Å². The largest absolute Gasteiger partial charge is 0.508 e. The van der Waals surface area contributed by atoms with E-state index in [1.54, 1.807) is 30.1 Å². The van der Waals surface area contributed by atoms with E-state index in [4.69, 9.17) is 4.74 Å². The Labute approximate surface area is 106 Å². The second-order valence-electron chi connectivity index (χ2n) is 4.43. The number of phenolic OH excluding ortho intramolecular Hbond substituents is 1. The number of amides is 1. The molecule has 0 aliphatic carbocycles. The molecular formula is C13H18N2O3. The van der Waals surface area contributed by atoms with Gasteiger partial charge in [0.05, 0.1) is 6.61 Å². The lowest BCUT2D eigenvalue weighted by Gasteiger charge is -2.27. The summed E-state index contributed by atoms with van der Waals surface area (Å²) < 4.78 is 5.42.